The molecule has 1 aliphatic carbocycles. The predicted octanol–water partition coefficient (Wildman–Crippen LogP) is 5.32. The zero-order chi connectivity index (χ0) is 13.1. The van der Waals surface area contributed by atoms with Crippen molar-refractivity contribution in [1.29, 1.82) is 0 Å². The van der Waals surface area contributed by atoms with Crippen molar-refractivity contribution in [1.82, 2.24) is 0 Å². The van der Waals surface area contributed by atoms with Gasteiger partial charge in [0.2, 0.25) is 0 Å². The normalized spacial score (nSPS) is 26.0. The largest absolute Gasteiger partial charge is 0.324 e. The molecule has 0 saturated heterocycles. The highest BCUT2D eigenvalue weighted by Crippen LogP contribution is 2.38. The van der Waals surface area contributed by atoms with Crippen LogP contribution in [0.4, 0.5) is 0 Å². The molecule has 3 atom stereocenters. The Morgan fingerprint density at radius 1 is 1.39 bits per heavy atom. The molecule has 100 valence electrons. The second-order valence-electron chi connectivity index (χ2n) is 5.43. The average Bonchev–Trinajstić information content (AvgIpc) is 2.37. The van der Waals surface area contributed by atoms with Crippen LogP contribution >= 0.6 is 27.5 Å². The van der Waals surface area contributed by atoms with Crippen molar-refractivity contribution in [2.45, 2.75) is 45.1 Å². The van der Waals surface area contributed by atoms with Gasteiger partial charge in [-0.25, -0.2) is 0 Å². The van der Waals surface area contributed by atoms with Crippen LogP contribution in [0.15, 0.2) is 22.7 Å². The van der Waals surface area contributed by atoms with Crippen molar-refractivity contribution in [3.05, 3.63) is 33.3 Å². The maximum absolute atomic E-state index is 6.44. The maximum Gasteiger partial charge on any atom is 0.0420 e. The summed E-state index contributed by atoms with van der Waals surface area (Å²) in [5, 5.41) is 0.762. The van der Waals surface area contributed by atoms with Crippen LogP contribution in [0.3, 0.4) is 0 Å². The van der Waals surface area contributed by atoms with E-state index in [1.165, 1.54) is 32.1 Å². The third kappa shape index (κ3) is 3.49. The van der Waals surface area contributed by atoms with Crippen molar-refractivity contribution in [3.8, 4) is 0 Å². The van der Waals surface area contributed by atoms with Gasteiger partial charge in [-0.3, -0.25) is 0 Å². The predicted molar refractivity (Wildman–Crippen MR) is 81.8 cm³/mol. The number of hydrogen-bond acceptors (Lipinski definition) is 1. The van der Waals surface area contributed by atoms with Crippen LogP contribution in [0.5, 0.6) is 0 Å². The first-order valence-electron chi connectivity index (χ1n) is 6.81. The summed E-state index contributed by atoms with van der Waals surface area (Å²) in [5.74, 6) is 1.46. The standard InChI is InChI=1S/C15H21BrClN/c1-2-10-4-3-5-11(6-10)15(18)12-7-13(16)9-14(17)8-12/h7-11,15H,2-6,18H2,1H3. The van der Waals surface area contributed by atoms with Crippen LogP contribution in [0.1, 0.15) is 50.6 Å². The van der Waals surface area contributed by atoms with Crippen LogP contribution in [-0.4, -0.2) is 0 Å². The van der Waals surface area contributed by atoms with Gasteiger partial charge in [-0.2, -0.15) is 0 Å². The van der Waals surface area contributed by atoms with Crippen LogP contribution in [0.2, 0.25) is 5.02 Å². The smallest absolute Gasteiger partial charge is 0.0420 e. The second-order valence-corrected chi connectivity index (χ2v) is 6.78. The highest BCUT2D eigenvalue weighted by molar-refractivity contribution is 9.10. The first-order chi connectivity index (χ1) is 8.60. The molecule has 1 aromatic rings. The molecule has 0 aliphatic heterocycles. The number of halogens is 2. The lowest BCUT2D eigenvalue weighted by Crippen LogP contribution is -2.26. The molecule has 0 radical (unpaired) electrons. The molecule has 1 aromatic carbocycles. The monoisotopic (exact) mass is 329 g/mol. The van der Waals surface area contributed by atoms with E-state index in [1.54, 1.807) is 0 Å². The lowest BCUT2D eigenvalue weighted by Gasteiger charge is -2.32. The molecule has 0 amide bonds. The first-order valence-corrected chi connectivity index (χ1v) is 7.98. The van der Waals surface area contributed by atoms with Crippen LogP contribution < -0.4 is 5.73 Å². The molecule has 0 spiro atoms. The highest BCUT2D eigenvalue weighted by Gasteiger charge is 2.26. The Morgan fingerprint density at radius 3 is 2.83 bits per heavy atom. The zero-order valence-corrected chi connectivity index (χ0v) is 13.2. The van der Waals surface area contributed by atoms with Gasteiger partial charge >= 0.3 is 0 Å². The van der Waals surface area contributed by atoms with Gasteiger partial charge in [-0.1, -0.05) is 53.7 Å². The molecule has 2 N–H and O–H groups in total. The maximum atomic E-state index is 6.44. The third-order valence-corrected chi connectivity index (χ3v) is 4.85. The summed E-state index contributed by atoms with van der Waals surface area (Å²) in [6.45, 7) is 2.29. The Morgan fingerprint density at radius 2 is 2.17 bits per heavy atom. The molecule has 1 fully saturated rings. The molecule has 2 rings (SSSR count). The van der Waals surface area contributed by atoms with Crippen molar-refractivity contribution in [3.63, 3.8) is 0 Å². The van der Waals surface area contributed by atoms with Crippen molar-refractivity contribution < 1.29 is 0 Å². The molecular formula is C15H21BrClN. The number of benzene rings is 1. The zero-order valence-electron chi connectivity index (χ0n) is 10.8. The summed E-state index contributed by atoms with van der Waals surface area (Å²) in [6.07, 6.45) is 6.49. The lowest BCUT2D eigenvalue weighted by molar-refractivity contribution is 0.230. The van der Waals surface area contributed by atoms with E-state index in [1.807, 2.05) is 12.1 Å². The molecule has 3 heteroatoms. The fourth-order valence-electron chi connectivity index (χ4n) is 3.07. The molecule has 1 nitrogen and oxygen atoms in total. The highest BCUT2D eigenvalue weighted by atomic mass is 79.9. The minimum atomic E-state index is 0.120. The van der Waals surface area contributed by atoms with E-state index < -0.39 is 0 Å². The van der Waals surface area contributed by atoms with Gasteiger partial charge < -0.3 is 5.73 Å². The van der Waals surface area contributed by atoms with E-state index in [0.717, 1.165) is 21.0 Å². The number of rotatable bonds is 3. The quantitative estimate of drug-likeness (QED) is 0.797. The first kappa shape index (κ1) is 14.4. The van der Waals surface area contributed by atoms with Crippen LogP contribution in [-0.2, 0) is 0 Å². The second kappa shape index (κ2) is 6.40. The van der Waals surface area contributed by atoms with E-state index in [2.05, 4.69) is 28.9 Å². The lowest BCUT2D eigenvalue weighted by atomic mass is 9.75. The molecule has 18 heavy (non-hydrogen) atoms. The van der Waals surface area contributed by atoms with Gasteiger partial charge in [0.1, 0.15) is 0 Å². The van der Waals surface area contributed by atoms with Gasteiger partial charge in [-0.15, -0.1) is 0 Å². The Balaban J connectivity index is 2.12. The molecule has 3 unspecified atom stereocenters. The fraction of sp³-hybridized carbons (Fsp3) is 0.600. The third-order valence-electron chi connectivity index (χ3n) is 4.18. The van der Waals surface area contributed by atoms with Gasteiger partial charge in [-0.05, 0) is 48.4 Å². The van der Waals surface area contributed by atoms with Crippen LogP contribution in [0.25, 0.3) is 0 Å². The van der Waals surface area contributed by atoms with Crippen molar-refractivity contribution in [2.24, 2.45) is 17.6 Å². The minimum Gasteiger partial charge on any atom is -0.324 e. The number of nitrogens with two attached hydrogens (primary N) is 1. The molecular weight excluding hydrogens is 310 g/mol. The summed E-state index contributed by atoms with van der Waals surface area (Å²) in [6, 6.07) is 6.14. The van der Waals surface area contributed by atoms with E-state index in [0.29, 0.717) is 5.92 Å². The van der Waals surface area contributed by atoms with Gasteiger partial charge in [0.15, 0.2) is 0 Å². The SMILES string of the molecule is CCC1CCCC(C(N)c2cc(Cl)cc(Br)c2)C1. The van der Waals surface area contributed by atoms with E-state index in [-0.39, 0.29) is 6.04 Å². The average molecular weight is 331 g/mol. The molecule has 1 aliphatic rings. The Bertz CT molecular complexity index is 387. The summed E-state index contributed by atoms with van der Waals surface area (Å²) in [5.41, 5.74) is 7.61. The van der Waals surface area contributed by atoms with Gasteiger partial charge in [0.05, 0.1) is 0 Å². The van der Waals surface area contributed by atoms with E-state index >= 15 is 0 Å². The van der Waals surface area contributed by atoms with E-state index in [9.17, 15) is 0 Å². The Labute approximate surface area is 123 Å². The van der Waals surface area contributed by atoms with E-state index in [4.69, 9.17) is 17.3 Å². The van der Waals surface area contributed by atoms with Gasteiger partial charge in [0.25, 0.3) is 0 Å². The Hall–Kier alpha value is -0.0500. The molecule has 0 aromatic heterocycles. The summed E-state index contributed by atoms with van der Waals surface area (Å²) in [7, 11) is 0. The molecule has 0 bridgehead atoms. The van der Waals surface area contributed by atoms with Crippen molar-refractivity contribution >= 4 is 27.5 Å². The molecule has 1 saturated carbocycles. The van der Waals surface area contributed by atoms with Gasteiger partial charge in [0, 0.05) is 15.5 Å². The molecule has 0 heterocycles. The summed E-state index contributed by atoms with van der Waals surface area (Å²) < 4.78 is 1.02. The topological polar surface area (TPSA) is 26.0 Å². The Kier molecular flexibility index (Phi) is 5.11. The summed E-state index contributed by atoms with van der Waals surface area (Å²) >= 11 is 9.59. The summed E-state index contributed by atoms with van der Waals surface area (Å²) in [4.78, 5) is 0. The fourth-order valence-corrected chi connectivity index (χ4v) is 3.96. The number of hydrogen-bond donors (Lipinski definition) is 1. The van der Waals surface area contributed by atoms with Crippen molar-refractivity contribution in [2.75, 3.05) is 0 Å². The van der Waals surface area contributed by atoms with Crippen LogP contribution in [0, 0.1) is 11.8 Å². The minimum absolute atomic E-state index is 0.120.